The second kappa shape index (κ2) is 10.4. The minimum Gasteiger partial charge on any atom is -0.457 e. The first kappa shape index (κ1) is 28.5. The SMILES string of the molecule is C1=CCC2C(=C1)c1cc3c4cc(-c5cccc6c5sc5ccccc56)ccc4n(-c4ccccc4)c3cc1C21c2ccccc2Oc2ccccc21. The number of hydrogen-bond donors (Lipinski definition) is 0. The molecule has 1 spiro atoms. The van der Waals surface area contributed by atoms with Crippen LogP contribution in [0.2, 0.25) is 0 Å². The highest BCUT2D eigenvalue weighted by Gasteiger charge is 2.55. The largest absolute Gasteiger partial charge is 0.457 e. The van der Waals surface area contributed by atoms with Gasteiger partial charge in [-0.3, -0.25) is 0 Å². The van der Waals surface area contributed by atoms with E-state index >= 15 is 0 Å². The van der Waals surface area contributed by atoms with Crippen LogP contribution in [0.5, 0.6) is 11.5 Å². The molecule has 0 N–H and O–H groups in total. The van der Waals surface area contributed by atoms with Gasteiger partial charge in [-0.25, -0.2) is 0 Å². The molecule has 2 nitrogen and oxygen atoms in total. The lowest BCUT2D eigenvalue weighted by Crippen LogP contribution is -2.37. The normalized spacial score (nSPS) is 16.5. The fourth-order valence-electron chi connectivity index (χ4n) is 9.82. The zero-order chi connectivity index (χ0) is 34.0. The van der Waals surface area contributed by atoms with E-state index in [4.69, 9.17) is 4.74 Å². The van der Waals surface area contributed by atoms with Crippen LogP contribution in [0, 0.1) is 5.92 Å². The van der Waals surface area contributed by atoms with Crippen molar-refractivity contribution in [3.8, 4) is 28.3 Å². The fraction of sp³-hybridized carbons (Fsp3) is 0.0612. The van der Waals surface area contributed by atoms with Crippen LogP contribution in [0.3, 0.4) is 0 Å². The molecule has 0 bridgehead atoms. The van der Waals surface area contributed by atoms with Crippen LogP contribution in [0.1, 0.15) is 28.7 Å². The molecule has 3 heteroatoms. The molecule has 0 saturated heterocycles. The molecule has 0 radical (unpaired) electrons. The summed E-state index contributed by atoms with van der Waals surface area (Å²) in [5.74, 6) is 2.15. The predicted octanol–water partition coefficient (Wildman–Crippen LogP) is 13.2. The van der Waals surface area contributed by atoms with Crippen molar-refractivity contribution < 1.29 is 4.74 Å². The van der Waals surface area contributed by atoms with E-state index in [0.717, 1.165) is 17.9 Å². The molecular formula is C49H31NOS. The van der Waals surface area contributed by atoms with Crippen LogP contribution in [0.15, 0.2) is 170 Å². The van der Waals surface area contributed by atoms with Crippen molar-refractivity contribution in [1.29, 1.82) is 0 Å². The van der Waals surface area contributed by atoms with Gasteiger partial charge in [0.25, 0.3) is 0 Å². The molecule has 12 rings (SSSR count). The fourth-order valence-corrected chi connectivity index (χ4v) is 11.1. The Bertz CT molecular complexity index is 2980. The number of allylic oxidation sites excluding steroid dienone is 4. The van der Waals surface area contributed by atoms with E-state index in [9.17, 15) is 0 Å². The molecule has 0 fully saturated rings. The number of thiophene rings is 1. The molecular weight excluding hydrogens is 651 g/mol. The second-order valence-electron chi connectivity index (χ2n) is 14.3. The molecule has 7 aromatic carbocycles. The molecule has 3 aliphatic rings. The smallest absolute Gasteiger partial charge is 0.131 e. The lowest BCUT2D eigenvalue weighted by molar-refractivity contribution is 0.383. The summed E-state index contributed by atoms with van der Waals surface area (Å²) in [5.41, 5.74) is 12.4. The third-order valence-corrected chi connectivity index (χ3v) is 13.1. The van der Waals surface area contributed by atoms with Crippen molar-refractivity contribution in [2.45, 2.75) is 11.8 Å². The van der Waals surface area contributed by atoms with E-state index in [1.54, 1.807) is 0 Å². The summed E-state index contributed by atoms with van der Waals surface area (Å²) in [6.45, 7) is 0. The molecule has 0 amide bonds. The molecule has 52 heavy (non-hydrogen) atoms. The van der Waals surface area contributed by atoms with Crippen LogP contribution < -0.4 is 4.74 Å². The van der Waals surface area contributed by atoms with E-state index in [1.165, 1.54) is 86.6 Å². The lowest BCUT2D eigenvalue weighted by atomic mass is 9.62. The van der Waals surface area contributed by atoms with E-state index in [1.807, 2.05) is 11.3 Å². The quantitative estimate of drug-likeness (QED) is 0.177. The maximum Gasteiger partial charge on any atom is 0.131 e. The van der Waals surface area contributed by atoms with Crippen molar-refractivity contribution in [3.63, 3.8) is 0 Å². The van der Waals surface area contributed by atoms with Gasteiger partial charge < -0.3 is 9.30 Å². The molecule has 1 atom stereocenters. The Hall–Kier alpha value is -6.16. The number of nitrogens with zero attached hydrogens (tertiary/aromatic N) is 1. The Balaban J connectivity index is 1.19. The minimum atomic E-state index is -0.383. The van der Waals surface area contributed by atoms with Gasteiger partial charge in [0.2, 0.25) is 0 Å². The molecule has 1 unspecified atom stereocenters. The van der Waals surface area contributed by atoms with Crippen LogP contribution in [0.25, 0.3) is 64.4 Å². The number of benzene rings is 7. The average molecular weight is 682 g/mol. The number of aromatic nitrogens is 1. The van der Waals surface area contributed by atoms with Gasteiger partial charge in [0.05, 0.1) is 16.4 Å². The molecule has 0 saturated carbocycles. The van der Waals surface area contributed by atoms with Gasteiger partial charge in [-0.05, 0) is 88.8 Å². The van der Waals surface area contributed by atoms with Crippen molar-refractivity contribution in [1.82, 2.24) is 4.57 Å². The Labute approximate surface area is 305 Å². The number of rotatable bonds is 2. The topological polar surface area (TPSA) is 14.2 Å². The molecule has 9 aromatic rings. The van der Waals surface area contributed by atoms with Crippen molar-refractivity contribution in [3.05, 3.63) is 192 Å². The third kappa shape index (κ3) is 3.63. The van der Waals surface area contributed by atoms with Gasteiger partial charge in [-0.1, -0.05) is 115 Å². The number of fused-ring (bicyclic) bond motifs is 15. The maximum atomic E-state index is 6.65. The first-order valence-electron chi connectivity index (χ1n) is 18.1. The van der Waals surface area contributed by atoms with E-state index in [-0.39, 0.29) is 11.3 Å². The highest BCUT2D eigenvalue weighted by Crippen LogP contribution is 2.65. The standard InChI is InChI=1S/C49H31NOS/c1-2-13-31(14-3-1)50-43-26-25-30(32-17-12-18-35-34-16-5-11-24-47(34)52-48(32)35)27-37(43)38-28-36-33-15-4-6-19-39(33)49(42(36)29-44(38)50)40-20-7-9-22-45(40)51-46-23-10-8-21-41(46)49/h1-18,20-29,39H,19H2. The van der Waals surface area contributed by atoms with Crippen LogP contribution >= 0.6 is 11.3 Å². The zero-order valence-corrected chi connectivity index (χ0v) is 29.0. The molecule has 244 valence electrons. The Morgan fingerprint density at radius 3 is 2.15 bits per heavy atom. The maximum absolute atomic E-state index is 6.65. The summed E-state index contributed by atoms with van der Waals surface area (Å²) in [5, 5.41) is 5.21. The predicted molar refractivity (Wildman–Crippen MR) is 217 cm³/mol. The van der Waals surface area contributed by atoms with Gasteiger partial charge in [-0.15, -0.1) is 11.3 Å². The first-order chi connectivity index (χ1) is 25.8. The van der Waals surface area contributed by atoms with Crippen LogP contribution in [-0.4, -0.2) is 4.57 Å². The monoisotopic (exact) mass is 681 g/mol. The summed E-state index contributed by atoms with van der Waals surface area (Å²) in [4.78, 5) is 0. The highest BCUT2D eigenvalue weighted by atomic mass is 32.1. The summed E-state index contributed by atoms with van der Waals surface area (Å²) in [6.07, 6.45) is 7.95. The Kier molecular flexibility index (Phi) is 5.73. The van der Waals surface area contributed by atoms with E-state index in [0.29, 0.717) is 0 Å². The summed E-state index contributed by atoms with van der Waals surface area (Å²) < 4.78 is 11.8. The van der Waals surface area contributed by atoms with Crippen molar-refractivity contribution in [2.75, 3.05) is 0 Å². The van der Waals surface area contributed by atoms with Crippen molar-refractivity contribution >= 4 is 58.9 Å². The lowest BCUT2D eigenvalue weighted by Gasteiger charge is -2.43. The third-order valence-electron chi connectivity index (χ3n) is 11.9. The minimum absolute atomic E-state index is 0.253. The first-order valence-corrected chi connectivity index (χ1v) is 18.9. The summed E-state index contributed by atoms with van der Waals surface area (Å²) in [7, 11) is 0. The Morgan fingerprint density at radius 2 is 1.31 bits per heavy atom. The van der Waals surface area contributed by atoms with Gasteiger partial charge in [0, 0.05) is 53.7 Å². The molecule has 3 heterocycles. The summed E-state index contributed by atoms with van der Waals surface area (Å²) >= 11 is 1.89. The molecule has 2 aromatic heterocycles. The molecule has 1 aliphatic heterocycles. The van der Waals surface area contributed by atoms with Gasteiger partial charge >= 0.3 is 0 Å². The highest BCUT2D eigenvalue weighted by molar-refractivity contribution is 7.26. The number of hydrogen-bond acceptors (Lipinski definition) is 2. The molecule has 2 aliphatic carbocycles. The Morgan fingerprint density at radius 1 is 0.577 bits per heavy atom. The average Bonchev–Trinajstić information content (AvgIpc) is 3.84. The van der Waals surface area contributed by atoms with Crippen LogP contribution in [0.4, 0.5) is 0 Å². The van der Waals surface area contributed by atoms with Gasteiger partial charge in [-0.2, -0.15) is 0 Å². The zero-order valence-electron chi connectivity index (χ0n) is 28.2. The number of ether oxygens (including phenoxy) is 1. The van der Waals surface area contributed by atoms with Crippen LogP contribution in [-0.2, 0) is 5.41 Å². The second-order valence-corrected chi connectivity index (χ2v) is 15.4. The van der Waals surface area contributed by atoms with E-state index in [2.05, 4.69) is 174 Å². The van der Waals surface area contributed by atoms with Crippen molar-refractivity contribution in [2.24, 2.45) is 5.92 Å². The van der Waals surface area contributed by atoms with Gasteiger partial charge in [0.15, 0.2) is 0 Å². The van der Waals surface area contributed by atoms with E-state index < -0.39 is 0 Å². The summed E-state index contributed by atoms with van der Waals surface area (Å²) in [6, 6.07) is 56.0. The van der Waals surface area contributed by atoms with Gasteiger partial charge in [0.1, 0.15) is 11.5 Å². The number of para-hydroxylation sites is 3.